The van der Waals surface area contributed by atoms with Crippen LogP contribution in [0.3, 0.4) is 0 Å². The van der Waals surface area contributed by atoms with Crippen molar-refractivity contribution in [2.45, 2.75) is 51.1 Å². The number of benzene rings is 1. The van der Waals surface area contributed by atoms with Crippen LogP contribution in [0.2, 0.25) is 0 Å². The Morgan fingerprint density at radius 2 is 2.00 bits per heavy atom. The minimum atomic E-state index is -1.07. The van der Waals surface area contributed by atoms with Gasteiger partial charge >= 0.3 is 6.03 Å². The number of rotatable bonds is 7. The number of nitrogens with one attached hydrogen (secondary N) is 2. The Bertz CT molecular complexity index is 672. The normalized spacial score (nSPS) is 24.2. The lowest BCUT2D eigenvalue weighted by Gasteiger charge is -2.27. The van der Waals surface area contributed by atoms with Gasteiger partial charge in [-0.15, -0.1) is 0 Å². The molecule has 1 aromatic carbocycles. The molecule has 1 heterocycles. The molecule has 1 saturated carbocycles. The molecule has 2 N–H and O–H groups in total. The maximum atomic E-state index is 13.1. The number of carbonyl (C=O) groups is 3. The molecule has 1 saturated heterocycles. The maximum Gasteiger partial charge on any atom is 0.325 e. The van der Waals surface area contributed by atoms with Crippen molar-refractivity contribution in [2.75, 3.05) is 6.54 Å². The number of hydrogen-bond acceptors (Lipinski definition) is 3. The average Bonchev–Trinajstić information content (AvgIpc) is 3.41. The molecule has 1 aromatic rings. The van der Waals surface area contributed by atoms with Crippen molar-refractivity contribution < 1.29 is 14.4 Å². The van der Waals surface area contributed by atoms with Gasteiger partial charge in [0.1, 0.15) is 12.1 Å². The lowest BCUT2D eigenvalue weighted by Crippen LogP contribution is -2.46. The van der Waals surface area contributed by atoms with Crippen molar-refractivity contribution in [3.63, 3.8) is 0 Å². The second-order valence-corrected chi connectivity index (χ2v) is 7.04. The standard InChI is InChI=1S/C19H25N3O3/c1-3-11-19(15-7-5-4-6-8-15)17(24)22(18(25)21-19)12-16(23)20-13(2)14-9-10-14/h4-8,13-14H,3,9-12H2,1-2H3,(H,20,23)(H,21,25)/t13-,19-/m1/s1. The first-order valence-electron chi connectivity index (χ1n) is 8.97. The summed E-state index contributed by atoms with van der Waals surface area (Å²) >= 11 is 0. The molecule has 3 rings (SSSR count). The molecule has 2 fully saturated rings. The van der Waals surface area contributed by atoms with Crippen LogP contribution < -0.4 is 10.6 Å². The SMILES string of the molecule is CCC[C@]1(c2ccccc2)NC(=O)N(CC(=O)N[C@H](C)C2CC2)C1=O. The largest absolute Gasteiger partial charge is 0.352 e. The van der Waals surface area contributed by atoms with Gasteiger partial charge in [0.2, 0.25) is 5.91 Å². The molecule has 0 aromatic heterocycles. The fourth-order valence-electron chi connectivity index (χ4n) is 3.53. The Labute approximate surface area is 148 Å². The minimum absolute atomic E-state index is 0.0859. The van der Waals surface area contributed by atoms with Crippen LogP contribution in [0.1, 0.15) is 45.1 Å². The van der Waals surface area contributed by atoms with Crippen molar-refractivity contribution >= 4 is 17.8 Å². The summed E-state index contributed by atoms with van der Waals surface area (Å²) in [6, 6.07) is 8.82. The van der Waals surface area contributed by atoms with Crippen LogP contribution in [0, 0.1) is 5.92 Å². The number of urea groups is 1. The average molecular weight is 343 g/mol. The van der Waals surface area contributed by atoms with E-state index in [1.807, 2.05) is 44.2 Å². The highest BCUT2D eigenvalue weighted by Crippen LogP contribution is 2.34. The number of imide groups is 1. The van der Waals surface area contributed by atoms with E-state index in [-0.39, 0.29) is 24.4 Å². The highest BCUT2D eigenvalue weighted by Gasteiger charge is 2.52. The van der Waals surface area contributed by atoms with Crippen LogP contribution in [0.25, 0.3) is 0 Å². The molecule has 0 spiro atoms. The predicted molar refractivity (Wildman–Crippen MR) is 93.6 cm³/mol. The van der Waals surface area contributed by atoms with Crippen LogP contribution in [-0.2, 0) is 15.1 Å². The summed E-state index contributed by atoms with van der Waals surface area (Å²) in [5.41, 5.74) is -0.320. The van der Waals surface area contributed by atoms with Gasteiger partial charge in [0.15, 0.2) is 0 Å². The molecule has 2 aliphatic rings. The maximum absolute atomic E-state index is 13.1. The van der Waals surface area contributed by atoms with E-state index in [4.69, 9.17) is 0 Å². The molecule has 1 aliphatic carbocycles. The fourth-order valence-corrected chi connectivity index (χ4v) is 3.53. The first kappa shape index (κ1) is 17.5. The zero-order chi connectivity index (χ0) is 18.0. The van der Waals surface area contributed by atoms with Crippen molar-refractivity contribution in [1.29, 1.82) is 0 Å². The quantitative estimate of drug-likeness (QED) is 0.745. The third-order valence-electron chi connectivity index (χ3n) is 5.09. The summed E-state index contributed by atoms with van der Waals surface area (Å²) in [7, 11) is 0. The summed E-state index contributed by atoms with van der Waals surface area (Å²) in [6.07, 6.45) is 3.48. The summed E-state index contributed by atoms with van der Waals surface area (Å²) in [4.78, 5) is 38.8. The monoisotopic (exact) mass is 343 g/mol. The van der Waals surface area contributed by atoms with E-state index < -0.39 is 11.6 Å². The van der Waals surface area contributed by atoms with Gasteiger partial charge in [0.05, 0.1) is 0 Å². The molecule has 6 nitrogen and oxygen atoms in total. The van der Waals surface area contributed by atoms with Gasteiger partial charge in [-0.25, -0.2) is 4.79 Å². The van der Waals surface area contributed by atoms with Crippen molar-refractivity contribution in [3.8, 4) is 0 Å². The number of nitrogens with zero attached hydrogens (tertiary/aromatic N) is 1. The highest BCUT2D eigenvalue weighted by atomic mass is 16.2. The molecule has 0 bridgehead atoms. The van der Waals surface area contributed by atoms with E-state index in [9.17, 15) is 14.4 Å². The predicted octanol–water partition coefficient (Wildman–Crippen LogP) is 2.15. The first-order valence-corrected chi connectivity index (χ1v) is 8.97. The summed E-state index contributed by atoms with van der Waals surface area (Å²) in [5.74, 6) is -0.112. The smallest absolute Gasteiger partial charge is 0.325 e. The second kappa shape index (κ2) is 6.86. The van der Waals surface area contributed by atoms with Crippen LogP contribution in [0.5, 0.6) is 0 Å². The van der Waals surface area contributed by atoms with Crippen molar-refractivity contribution in [3.05, 3.63) is 35.9 Å². The molecule has 2 atom stereocenters. The third-order valence-corrected chi connectivity index (χ3v) is 5.09. The summed E-state index contributed by atoms with van der Waals surface area (Å²) in [5, 5.41) is 5.73. The Hall–Kier alpha value is -2.37. The van der Waals surface area contributed by atoms with E-state index in [2.05, 4.69) is 10.6 Å². The third kappa shape index (κ3) is 3.38. The summed E-state index contributed by atoms with van der Waals surface area (Å²) < 4.78 is 0. The van der Waals surface area contributed by atoms with Crippen molar-refractivity contribution in [1.82, 2.24) is 15.5 Å². The van der Waals surface area contributed by atoms with Gasteiger partial charge in [-0.05, 0) is 37.7 Å². The molecule has 4 amide bonds. The molecular formula is C19H25N3O3. The van der Waals surface area contributed by atoms with Gasteiger partial charge in [-0.2, -0.15) is 0 Å². The number of carbonyl (C=O) groups excluding carboxylic acids is 3. The molecule has 6 heteroatoms. The van der Waals surface area contributed by atoms with Crippen LogP contribution >= 0.6 is 0 Å². The molecule has 25 heavy (non-hydrogen) atoms. The van der Waals surface area contributed by atoms with Crippen molar-refractivity contribution in [2.24, 2.45) is 5.92 Å². The van der Waals surface area contributed by atoms with Gasteiger partial charge in [-0.1, -0.05) is 43.7 Å². The van der Waals surface area contributed by atoms with Gasteiger partial charge < -0.3 is 10.6 Å². The van der Waals surface area contributed by atoms with Gasteiger partial charge in [0, 0.05) is 6.04 Å². The highest BCUT2D eigenvalue weighted by molar-refractivity contribution is 6.09. The van der Waals surface area contributed by atoms with E-state index in [1.165, 1.54) is 0 Å². The van der Waals surface area contributed by atoms with E-state index >= 15 is 0 Å². The second-order valence-electron chi connectivity index (χ2n) is 7.04. The van der Waals surface area contributed by atoms with E-state index in [0.29, 0.717) is 12.3 Å². The number of amides is 4. The van der Waals surface area contributed by atoms with E-state index in [1.54, 1.807) is 0 Å². The molecule has 134 valence electrons. The minimum Gasteiger partial charge on any atom is -0.352 e. The Balaban J connectivity index is 1.76. The fraction of sp³-hybridized carbons (Fsp3) is 0.526. The Morgan fingerprint density at radius 3 is 2.60 bits per heavy atom. The Morgan fingerprint density at radius 1 is 1.32 bits per heavy atom. The Kier molecular flexibility index (Phi) is 4.79. The lowest BCUT2D eigenvalue weighted by atomic mass is 9.85. The topological polar surface area (TPSA) is 78.5 Å². The molecule has 0 unspecified atom stereocenters. The van der Waals surface area contributed by atoms with Gasteiger partial charge in [0.25, 0.3) is 5.91 Å². The summed E-state index contributed by atoms with van der Waals surface area (Å²) in [6.45, 7) is 3.70. The van der Waals surface area contributed by atoms with Crippen LogP contribution in [0.4, 0.5) is 4.79 Å². The number of hydrogen-bond donors (Lipinski definition) is 2. The zero-order valence-electron chi connectivity index (χ0n) is 14.7. The van der Waals surface area contributed by atoms with Gasteiger partial charge in [-0.3, -0.25) is 14.5 Å². The van der Waals surface area contributed by atoms with Crippen LogP contribution in [0.15, 0.2) is 30.3 Å². The molecular weight excluding hydrogens is 318 g/mol. The van der Waals surface area contributed by atoms with Crippen LogP contribution in [-0.4, -0.2) is 35.3 Å². The molecule has 1 aliphatic heterocycles. The lowest BCUT2D eigenvalue weighted by molar-refractivity contribution is -0.135. The zero-order valence-corrected chi connectivity index (χ0v) is 14.7. The van der Waals surface area contributed by atoms with E-state index in [0.717, 1.165) is 29.7 Å². The molecule has 0 radical (unpaired) electrons. The first-order chi connectivity index (χ1) is 12.0.